The van der Waals surface area contributed by atoms with Crippen LogP contribution in [0.5, 0.6) is 0 Å². The van der Waals surface area contributed by atoms with Gasteiger partial charge in [0.1, 0.15) is 11.4 Å². The molecule has 0 radical (unpaired) electrons. The second-order valence-electron chi connectivity index (χ2n) is 7.36. The highest BCUT2D eigenvalue weighted by Crippen LogP contribution is 2.45. The summed E-state index contributed by atoms with van der Waals surface area (Å²) in [6.45, 7) is 4.43. The maximum atomic E-state index is 13.8. The van der Waals surface area contributed by atoms with Gasteiger partial charge in [0, 0.05) is 16.3 Å². The van der Waals surface area contributed by atoms with E-state index in [2.05, 4.69) is 0 Å². The highest BCUT2D eigenvalue weighted by molar-refractivity contribution is 7.99. The molecular weight excluding hydrogens is 418 g/mol. The largest absolute Gasteiger partial charge is 0.464 e. The van der Waals surface area contributed by atoms with Crippen LogP contribution in [0.1, 0.15) is 55.5 Å². The molecule has 3 unspecified atom stereocenters. The van der Waals surface area contributed by atoms with Crippen molar-refractivity contribution >= 4 is 35.2 Å². The van der Waals surface area contributed by atoms with E-state index in [9.17, 15) is 9.59 Å². The zero-order valence-corrected chi connectivity index (χ0v) is 19.0. The van der Waals surface area contributed by atoms with Crippen molar-refractivity contribution in [1.29, 1.82) is 0 Å². The molecule has 160 valence electrons. The Morgan fingerprint density at radius 3 is 2.50 bits per heavy atom. The van der Waals surface area contributed by atoms with Crippen LogP contribution in [0, 0.1) is 0 Å². The lowest BCUT2D eigenvalue weighted by molar-refractivity contribution is -0.154. The fraction of sp³-hybridized carbons (Fsp3) is 0.417. The summed E-state index contributed by atoms with van der Waals surface area (Å²) in [5, 5.41) is 0.285. The summed E-state index contributed by atoms with van der Waals surface area (Å²) in [5.41, 5.74) is 1.81. The third-order valence-electron chi connectivity index (χ3n) is 5.35. The number of hydrogen-bond acceptors (Lipinski definition) is 4. The number of hydrogen-bond donors (Lipinski definition) is 0. The van der Waals surface area contributed by atoms with Gasteiger partial charge in [-0.15, -0.1) is 11.8 Å². The van der Waals surface area contributed by atoms with Gasteiger partial charge in [0.05, 0.1) is 12.5 Å². The number of esters is 1. The standard InChI is InChI=1S/C24H28ClNO3S/c1-3-5-15-29-24(28)21-16-30-23(19-13-9-10-14-20(19)25)26(21)22(27)18(4-2)17-11-7-6-8-12-17/h6-14,18,21,23H,3-5,15-16H2,1-2H3. The molecular formula is C24H28ClNO3S. The lowest BCUT2D eigenvalue weighted by atomic mass is 9.94. The first-order chi connectivity index (χ1) is 14.6. The van der Waals surface area contributed by atoms with Crippen molar-refractivity contribution in [3.63, 3.8) is 0 Å². The molecule has 0 bridgehead atoms. The fourth-order valence-corrected chi connectivity index (χ4v) is 5.47. The number of halogens is 1. The summed E-state index contributed by atoms with van der Waals surface area (Å²) in [4.78, 5) is 28.4. The predicted molar refractivity (Wildman–Crippen MR) is 123 cm³/mol. The Labute approximate surface area is 187 Å². The van der Waals surface area contributed by atoms with Crippen molar-refractivity contribution in [1.82, 2.24) is 4.90 Å². The molecule has 6 heteroatoms. The molecule has 1 aliphatic heterocycles. The molecule has 2 aromatic carbocycles. The molecule has 1 saturated heterocycles. The number of unbranched alkanes of at least 4 members (excludes halogenated alkanes) is 1. The van der Waals surface area contributed by atoms with E-state index in [-0.39, 0.29) is 23.2 Å². The van der Waals surface area contributed by atoms with Gasteiger partial charge in [-0.25, -0.2) is 4.79 Å². The van der Waals surface area contributed by atoms with Gasteiger partial charge in [-0.1, -0.05) is 80.4 Å². The summed E-state index contributed by atoms with van der Waals surface area (Å²) in [6.07, 6.45) is 2.41. The van der Waals surface area contributed by atoms with Gasteiger partial charge in [0.2, 0.25) is 5.91 Å². The van der Waals surface area contributed by atoms with Crippen LogP contribution in [-0.2, 0) is 14.3 Å². The van der Waals surface area contributed by atoms with Crippen molar-refractivity contribution in [3.05, 3.63) is 70.7 Å². The van der Waals surface area contributed by atoms with Crippen LogP contribution in [-0.4, -0.2) is 35.2 Å². The molecule has 3 atom stereocenters. The summed E-state index contributed by atoms with van der Waals surface area (Å²) in [6, 6.07) is 16.7. The van der Waals surface area contributed by atoms with E-state index in [1.54, 1.807) is 16.7 Å². The third-order valence-corrected chi connectivity index (χ3v) is 7.00. The van der Waals surface area contributed by atoms with Crippen molar-refractivity contribution < 1.29 is 14.3 Å². The molecule has 0 saturated carbocycles. The topological polar surface area (TPSA) is 46.6 Å². The first-order valence-electron chi connectivity index (χ1n) is 10.5. The van der Waals surface area contributed by atoms with Crippen LogP contribution in [0.4, 0.5) is 0 Å². The molecule has 0 aliphatic carbocycles. The van der Waals surface area contributed by atoms with Gasteiger partial charge < -0.3 is 9.64 Å². The summed E-state index contributed by atoms with van der Waals surface area (Å²) >= 11 is 8.03. The molecule has 3 rings (SSSR count). The number of carbonyl (C=O) groups excluding carboxylic acids is 2. The molecule has 30 heavy (non-hydrogen) atoms. The normalized spacial score (nSPS) is 19.5. The Morgan fingerprint density at radius 1 is 1.13 bits per heavy atom. The average Bonchev–Trinajstić information content (AvgIpc) is 3.20. The second-order valence-corrected chi connectivity index (χ2v) is 8.88. The number of amides is 1. The molecule has 0 N–H and O–H groups in total. The maximum Gasteiger partial charge on any atom is 0.329 e. The number of rotatable bonds is 8. The minimum absolute atomic E-state index is 0.0592. The summed E-state index contributed by atoms with van der Waals surface area (Å²) < 4.78 is 5.50. The maximum absolute atomic E-state index is 13.8. The molecule has 0 spiro atoms. The van der Waals surface area contributed by atoms with E-state index >= 15 is 0 Å². The summed E-state index contributed by atoms with van der Waals surface area (Å²) in [5.74, 6) is -0.212. The molecule has 0 aromatic heterocycles. The lowest BCUT2D eigenvalue weighted by Gasteiger charge is -2.32. The van der Waals surface area contributed by atoms with Crippen LogP contribution in [0.3, 0.4) is 0 Å². The zero-order chi connectivity index (χ0) is 21.5. The number of carbonyl (C=O) groups is 2. The highest BCUT2D eigenvalue weighted by atomic mass is 35.5. The Morgan fingerprint density at radius 2 is 1.83 bits per heavy atom. The van der Waals surface area contributed by atoms with E-state index in [1.807, 2.05) is 68.4 Å². The highest BCUT2D eigenvalue weighted by Gasteiger charge is 2.45. The Hall–Kier alpha value is -1.98. The van der Waals surface area contributed by atoms with Crippen molar-refractivity contribution in [3.8, 4) is 0 Å². The van der Waals surface area contributed by atoms with Gasteiger partial charge in [-0.3, -0.25) is 4.79 Å². The lowest BCUT2D eigenvalue weighted by Crippen LogP contribution is -2.46. The monoisotopic (exact) mass is 445 g/mol. The minimum atomic E-state index is -0.613. The van der Waals surface area contributed by atoms with Crippen LogP contribution in [0.15, 0.2) is 54.6 Å². The number of thioether (sulfide) groups is 1. The Bertz CT molecular complexity index is 861. The van der Waals surface area contributed by atoms with Gasteiger partial charge in [0.15, 0.2) is 0 Å². The minimum Gasteiger partial charge on any atom is -0.464 e. The molecule has 1 heterocycles. The van der Waals surface area contributed by atoms with E-state index in [4.69, 9.17) is 16.3 Å². The van der Waals surface area contributed by atoms with Crippen LogP contribution >= 0.6 is 23.4 Å². The SMILES string of the molecule is CCCCOC(=O)C1CSC(c2ccccc2Cl)N1C(=O)C(CC)c1ccccc1. The average molecular weight is 446 g/mol. The third kappa shape index (κ3) is 5.01. The molecule has 4 nitrogen and oxygen atoms in total. The molecule has 1 amide bonds. The number of nitrogens with zero attached hydrogens (tertiary/aromatic N) is 1. The number of ether oxygens (including phenoxy) is 1. The van der Waals surface area contributed by atoms with Crippen molar-refractivity contribution in [2.45, 2.75) is 50.4 Å². The van der Waals surface area contributed by atoms with Gasteiger partial charge >= 0.3 is 5.97 Å². The molecule has 2 aromatic rings. The predicted octanol–water partition coefficient (Wildman–Crippen LogP) is 5.82. The molecule has 1 fully saturated rings. The fourth-order valence-electron chi connectivity index (χ4n) is 3.70. The van der Waals surface area contributed by atoms with E-state index in [0.717, 1.165) is 24.0 Å². The molecule has 1 aliphatic rings. The van der Waals surface area contributed by atoms with E-state index in [1.165, 1.54) is 0 Å². The Kier molecular flexibility index (Phi) is 8.23. The van der Waals surface area contributed by atoms with Crippen molar-refractivity contribution in [2.24, 2.45) is 0 Å². The smallest absolute Gasteiger partial charge is 0.329 e. The van der Waals surface area contributed by atoms with Gasteiger partial charge in [-0.2, -0.15) is 0 Å². The first-order valence-corrected chi connectivity index (χ1v) is 11.9. The van der Waals surface area contributed by atoms with Crippen LogP contribution < -0.4 is 0 Å². The van der Waals surface area contributed by atoms with E-state index < -0.39 is 6.04 Å². The first kappa shape index (κ1) is 22.7. The number of benzene rings is 2. The van der Waals surface area contributed by atoms with Gasteiger partial charge in [0.25, 0.3) is 0 Å². The van der Waals surface area contributed by atoms with Crippen molar-refractivity contribution in [2.75, 3.05) is 12.4 Å². The summed E-state index contributed by atoms with van der Waals surface area (Å²) in [7, 11) is 0. The Balaban J connectivity index is 1.94. The van der Waals surface area contributed by atoms with Crippen LogP contribution in [0.2, 0.25) is 5.02 Å². The van der Waals surface area contributed by atoms with Gasteiger partial charge in [-0.05, 0) is 24.5 Å². The van der Waals surface area contributed by atoms with E-state index in [0.29, 0.717) is 23.8 Å². The quantitative estimate of drug-likeness (QED) is 0.379. The second kappa shape index (κ2) is 10.9. The van der Waals surface area contributed by atoms with Crippen LogP contribution in [0.25, 0.3) is 0 Å². The zero-order valence-electron chi connectivity index (χ0n) is 17.4.